The molecular weight excluding hydrogens is 352 g/mol. The first-order valence-corrected chi connectivity index (χ1v) is 9.01. The van der Waals surface area contributed by atoms with E-state index in [0.717, 1.165) is 11.3 Å². The highest BCUT2D eigenvalue weighted by atomic mass is 32.1. The van der Waals surface area contributed by atoms with Crippen molar-refractivity contribution >= 4 is 17.2 Å². The zero-order valence-electron chi connectivity index (χ0n) is 14.7. The Hall–Kier alpha value is -2.64. The lowest BCUT2D eigenvalue weighted by molar-refractivity contribution is 0.0681. The molecule has 0 bridgehead atoms. The third-order valence-corrected chi connectivity index (χ3v) is 4.71. The van der Waals surface area contributed by atoms with Gasteiger partial charge in [0.05, 0.1) is 25.1 Å². The van der Waals surface area contributed by atoms with Crippen LogP contribution in [0.25, 0.3) is 11.3 Å². The fraction of sp³-hybridized carbons (Fsp3) is 0.263. The third kappa shape index (κ3) is 4.30. The zero-order valence-corrected chi connectivity index (χ0v) is 15.5. The van der Waals surface area contributed by atoms with E-state index in [4.69, 9.17) is 14.0 Å². The normalized spacial score (nSPS) is 10.7. The number of hydrogen-bond acceptors (Lipinski definition) is 6. The van der Waals surface area contributed by atoms with Crippen molar-refractivity contribution in [2.45, 2.75) is 6.54 Å². The second-order valence-corrected chi connectivity index (χ2v) is 6.56. The lowest BCUT2D eigenvalue weighted by atomic mass is 10.1. The highest BCUT2D eigenvalue weighted by molar-refractivity contribution is 7.12. The Labute approximate surface area is 155 Å². The van der Waals surface area contributed by atoms with Crippen molar-refractivity contribution in [2.24, 2.45) is 0 Å². The number of rotatable bonds is 8. The summed E-state index contributed by atoms with van der Waals surface area (Å²) in [6.45, 7) is 1.29. The lowest BCUT2D eigenvalue weighted by Crippen LogP contribution is -2.33. The maximum absolute atomic E-state index is 12.7. The van der Waals surface area contributed by atoms with Gasteiger partial charge in [-0.3, -0.25) is 4.79 Å². The number of benzene rings is 1. The Morgan fingerprint density at radius 2 is 2.12 bits per heavy atom. The molecule has 0 N–H and O–H groups in total. The Balaban J connectivity index is 1.76. The van der Waals surface area contributed by atoms with Gasteiger partial charge in [-0.25, -0.2) is 0 Å². The number of ether oxygens (including phenoxy) is 2. The number of nitrogens with zero attached hydrogens (tertiary/aromatic N) is 2. The number of carbonyl (C=O) groups is 1. The molecule has 0 aliphatic carbocycles. The molecule has 26 heavy (non-hydrogen) atoms. The second kappa shape index (κ2) is 8.64. The summed E-state index contributed by atoms with van der Waals surface area (Å²) in [7, 11) is 3.24. The van der Waals surface area contributed by atoms with Gasteiger partial charge in [-0.15, -0.1) is 11.3 Å². The fourth-order valence-electron chi connectivity index (χ4n) is 2.50. The van der Waals surface area contributed by atoms with Crippen molar-refractivity contribution in [1.82, 2.24) is 10.1 Å². The van der Waals surface area contributed by atoms with E-state index in [-0.39, 0.29) is 5.91 Å². The van der Waals surface area contributed by atoms with Crippen molar-refractivity contribution in [1.29, 1.82) is 0 Å². The number of aromatic nitrogens is 1. The highest BCUT2D eigenvalue weighted by Gasteiger charge is 2.19. The maximum atomic E-state index is 12.7. The molecule has 7 heteroatoms. The van der Waals surface area contributed by atoms with Crippen molar-refractivity contribution in [3.63, 3.8) is 0 Å². The molecule has 0 radical (unpaired) electrons. The van der Waals surface area contributed by atoms with E-state index in [9.17, 15) is 4.79 Å². The predicted octanol–water partition coefficient (Wildman–Crippen LogP) is 3.70. The van der Waals surface area contributed by atoms with Gasteiger partial charge in [0.1, 0.15) is 11.4 Å². The van der Waals surface area contributed by atoms with Crippen LogP contribution >= 0.6 is 11.3 Å². The highest BCUT2D eigenvalue weighted by Crippen LogP contribution is 2.25. The van der Waals surface area contributed by atoms with E-state index in [1.54, 1.807) is 19.1 Å². The zero-order chi connectivity index (χ0) is 18.4. The summed E-state index contributed by atoms with van der Waals surface area (Å²) >= 11 is 1.42. The Kier molecular flexibility index (Phi) is 6.04. The van der Waals surface area contributed by atoms with Gasteiger partial charge in [-0.1, -0.05) is 23.4 Å². The summed E-state index contributed by atoms with van der Waals surface area (Å²) in [5.74, 6) is 1.34. The van der Waals surface area contributed by atoms with Gasteiger partial charge in [0, 0.05) is 25.3 Å². The number of amides is 1. The maximum Gasteiger partial charge on any atom is 0.264 e. The molecule has 3 aromatic rings. The summed E-state index contributed by atoms with van der Waals surface area (Å²) in [6.07, 6.45) is 0. The van der Waals surface area contributed by atoms with Gasteiger partial charge < -0.3 is 18.9 Å². The van der Waals surface area contributed by atoms with Crippen molar-refractivity contribution in [3.8, 4) is 17.1 Å². The molecule has 0 spiro atoms. The Morgan fingerprint density at radius 3 is 2.85 bits per heavy atom. The Bertz CT molecular complexity index is 845. The minimum atomic E-state index is -0.0389. The van der Waals surface area contributed by atoms with Crippen LogP contribution in [0.3, 0.4) is 0 Å². The molecule has 0 unspecified atom stereocenters. The van der Waals surface area contributed by atoms with E-state index >= 15 is 0 Å². The minimum Gasteiger partial charge on any atom is -0.497 e. The molecule has 1 amide bonds. The summed E-state index contributed by atoms with van der Waals surface area (Å²) in [5.41, 5.74) is 1.56. The first-order chi connectivity index (χ1) is 12.7. The van der Waals surface area contributed by atoms with Crippen LogP contribution in [0.2, 0.25) is 0 Å². The SMILES string of the molecule is COCCN(Cc1cc(-c2cccc(OC)c2)on1)C(=O)c1cccs1. The number of hydrogen-bond donors (Lipinski definition) is 0. The molecule has 2 aromatic heterocycles. The smallest absolute Gasteiger partial charge is 0.264 e. The van der Waals surface area contributed by atoms with E-state index in [1.807, 2.05) is 47.8 Å². The van der Waals surface area contributed by atoms with Gasteiger partial charge in [0.25, 0.3) is 5.91 Å². The van der Waals surface area contributed by atoms with Gasteiger partial charge in [0.2, 0.25) is 0 Å². The van der Waals surface area contributed by atoms with Crippen LogP contribution in [0.5, 0.6) is 5.75 Å². The minimum absolute atomic E-state index is 0.0389. The predicted molar refractivity (Wildman–Crippen MR) is 99.4 cm³/mol. The van der Waals surface area contributed by atoms with E-state index < -0.39 is 0 Å². The molecule has 1 aromatic carbocycles. The van der Waals surface area contributed by atoms with Crippen LogP contribution in [0.4, 0.5) is 0 Å². The van der Waals surface area contributed by atoms with Gasteiger partial charge in [-0.05, 0) is 23.6 Å². The van der Waals surface area contributed by atoms with Crippen LogP contribution in [0.1, 0.15) is 15.4 Å². The first-order valence-electron chi connectivity index (χ1n) is 8.13. The van der Waals surface area contributed by atoms with Crippen molar-refractivity contribution in [3.05, 3.63) is 58.4 Å². The van der Waals surface area contributed by atoms with Crippen LogP contribution in [-0.2, 0) is 11.3 Å². The molecule has 0 fully saturated rings. The molecule has 136 valence electrons. The average molecular weight is 372 g/mol. The first kappa shape index (κ1) is 18.2. The molecule has 0 aliphatic heterocycles. The topological polar surface area (TPSA) is 64.8 Å². The quantitative estimate of drug-likeness (QED) is 0.603. The van der Waals surface area contributed by atoms with Gasteiger partial charge in [0.15, 0.2) is 5.76 Å². The number of methoxy groups -OCH3 is 2. The largest absolute Gasteiger partial charge is 0.497 e. The van der Waals surface area contributed by atoms with Crippen LogP contribution < -0.4 is 4.74 Å². The van der Waals surface area contributed by atoms with E-state index in [1.165, 1.54) is 11.3 Å². The summed E-state index contributed by atoms with van der Waals surface area (Å²) in [6, 6.07) is 13.1. The Morgan fingerprint density at radius 1 is 1.23 bits per heavy atom. The van der Waals surface area contributed by atoms with Gasteiger partial charge in [-0.2, -0.15) is 0 Å². The third-order valence-electron chi connectivity index (χ3n) is 3.85. The molecule has 2 heterocycles. The molecule has 0 aliphatic rings. The number of carbonyl (C=O) groups excluding carboxylic acids is 1. The monoisotopic (exact) mass is 372 g/mol. The summed E-state index contributed by atoms with van der Waals surface area (Å²) in [4.78, 5) is 15.1. The average Bonchev–Trinajstić information content (AvgIpc) is 3.36. The summed E-state index contributed by atoms with van der Waals surface area (Å²) < 4.78 is 15.8. The molecule has 6 nitrogen and oxygen atoms in total. The van der Waals surface area contributed by atoms with Crippen LogP contribution in [0.15, 0.2) is 52.4 Å². The van der Waals surface area contributed by atoms with E-state index in [0.29, 0.717) is 36.0 Å². The fourth-order valence-corrected chi connectivity index (χ4v) is 3.20. The number of thiophene rings is 1. The summed E-state index contributed by atoms with van der Waals surface area (Å²) in [5, 5.41) is 6.00. The van der Waals surface area contributed by atoms with E-state index in [2.05, 4.69) is 5.16 Å². The van der Waals surface area contributed by atoms with Gasteiger partial charge >= 0.3 is 0 Å². The second-order valence-electron chi connectivity index (χ2n) is 5.61. The van der Waals surface area contributed by atoms with Crippen LogP contribution in [0, 0.1) is 0 Å². The molecular formula is C19H20N2O4S. The van der Waals surface area contributed by atoms with Crippen molar-refractivity contribution in [2.75, 3.05) is 27.4 Å². The molecule has 0 saturated heterocycles. The lowest BCUT2D eigenvalue weighted by Gasteiger charge is -2.20. The molecule has 3 rings (SSSR count). The standard InChI is InChI=1S/C19H20N2O4S/c1-23-9-8-21(19(22)18-7-4-10-26-18)13-15-12-17(25-20-15)14-5-3-6-16(11-14)24-2/h3-7,10-12H,8-9,13H2,1-2H3. The van der Waals surface area contributed by atoms with Crippen LogP contribution in [-0.4, -0.2) is 43.3 Å². The molecule has 0 saturated carbocycles. The molecule has 0 atom stereocenters. The van der Waals surface area contributed by atoms with Crippen molar-refractivity contribution < 1.29 is 18.8 Å².